The lowest BCUT2D eigenvalue weighted by Crippen LogP contribution is -2.11. The largest absolute Gasteiger partial charge is 0.313 e. The van der Waals surface area contributed by atoms with Gasteiger partial charge in [-0.1, -0.05) is 11.6 Å². The molecule has 17 heavy (non-hydrogen) atoms. The Morgan fingerprint density at radius 2 is 2.29 bits per heavy atom. The second-order valence-corrected chi connectivity index (χ2v) is 4.85. The first-order valence-corrected chi connectivity index (χ1v) is 5.80. The first kappa shape index (κ1) is 11.6. The Hall–Kier alpha value is -1.90. The molecule has 4 nitrogen and oxygen atoms in total. The van der Waals surface area contributed by atoms with Crippen LogP contribution in [0.4, 0.5) is 5.00 Å². The van der Waals surface area contributed by atoms with Crippen LogP contribution in [0.15, 0.2) is 30.6 Å². The smallest absolute Gasteiger partial charge is 0.257 e. The Labute approximate surface area is 106 Å². The molecule has 1 N–H and O–H groups in total. The number of carbonyl (C=O) groups is 1. The Bertz CT molecular complexity index is 603. The summed E-state index contributed by atoms with van der Waals surface area (Å²) in [5, 5.41) is 12.0. The highest BCUT2D eigenvalue weighted by Gasteiger charge is 2.08. The lowest BCUT2D eigenvalue weighted by atomic mass is 10.2. The number of aromatic nitrogens is 1. The quantitative estimate of drug-likeness (QED) is 0.906. The van der Waals surface area contributed by atoms with E-state index < -0.39 is 0 Å². The Balaban J connectivity index is 2.17. The summed E-state index contributed by atoms with van der Waals surface area (Å²) >= 11 is 7.02. The van der Waals surface area contributed by atoms with E-state index in [-0.39, 0.29) is 5.91 Å². The lowest BCUT2D eigenvalue weighted by molar-refractivity contribution is 0.102. The standard InChI is InChI=1S/C11H6ClN3OS/c12-9-1-2-10(17-9)15-11(16)8-3-7(4-13)5-14-6-8/h1-3,5-6H,(H,15,16). The molecule has 2 aromatic heterocycles. The fourth-order valence-corrected chi connectivity index (χ4v) is 2.13. The third kappa shape index (κ3) is 2.81. The van der Waals surface area contributed by atoms with Crippen molar-refractivity contribution in [3.05, 3.63) is 46.1 Å². The molecule has 0 bridgehead atoms. The summed E-state index contributed by atoms with van der Waals surface area (Å²) in [6.07, 6.45) is 2.81. The molecule has 0 fully saturated rings. The van der Waals surface area contributed by atoms with Crippen LogP contribution in [0, 0.1) is 11.3 Å². The van der Waals surface area contributed by atoms with Crippen LogP contribution in [0.5, 0.6) is 0 Å². The molecule has 1 amide bonds. The average Bonchev–Trinajstić information content (AvgIpc) is 2.75. The Kier molecular flexibility index (Phi) is 3.38. The van der Waals surface area contributed by atoms with Crippen molar-refractivity contribution in [2.24, 2.45) is 0 Å². The van der Waals surface area contributed by atoms with Crippen molar-refractivity contribution in [1.82, 2.24) is 4.98 Å². The zero-order chi connectivity index (χ0) is 12.3. The van der Waals surface area contributed by atoms with Crippen LogP contribution in [0.3, 0.4) is 0 Å². The van der Waals surface area contributed by atoms with Gasteiger partial charge in [0.25, 0.3) is 5.91 Å². The van der Waals surface area contributed by atoms with Crippen molar-refractivity contribution in [1.29, 1.82) is 5.26 Å². The molecule has 6 heteroatoms. The van der Waals surface area contributed by atoms with Crippen molar-refractivity contribution in [3.8, 4) is 6.07 Å². The van der Waals surface area contributed by atoms with E-state index in [0.29, 0.717) is 20.5 Å². The van der Waals surface area contributed by atoms with E-state index in [1.807, 2.05) is 6.07 Å². The van der Waals surface area contributed by atoms with Gasteiger partial charge in [-0.2, -0.15) is 5.26 Å². The van der Waals surface area contributed by atoms with Crippen LogP contribution in [-0.4, -0.2) is 10.9 Å². The molecule has 84 valence electrons. The minimum atomic E-state index is -0.312. The van der Waals surface area contributed by atoms with Crippen molar-refractivity contribution < 1.29 is 4.79 Å². The molecular weight excluding hydrogens is 258 g/mol. The molecule has 0 aliphatic heterocycles. The van der Waals surface area contributed by atoms with Gasteiger partial charge in [0, 0.05) is 12.4 Å². The van der Waals surface area contributed by atoms with E-state index in [0.717, 1.165) is 0 Å². The summed E-state index contributed by atoms with van der Waals surface area (Å²) in [6, 6.07) is 6.83. The number of amides is 1. The Morgan fingerprint density at radius 3 is 2.94 bits per heavy atom. The number of nitrogens with zero attached hydrogens (tertiary/aromatic N) is 2. The van der Waals surface area contributed by atoms with Crippen LogP contribution in [0.1, 0.15) is 15.9 Å². The topological polar surface area (TPSA) is 65.8 Å². The highest BCUT2D eigenvalue weighted by atomic mass is 35.5. The molecule has 0 aliphatic carbocycles. The van der Waals surface area contributed by atoms with Gasteiger partial charge >= 0.3 is 0 Å². The molecule has 0 saturated heterocycles. The van der Waals surface area contributed by atoms with Crippen molar-refractivity contribution in [3.63, 3.8) is 0 Å². The van der Waals surface area contributed by atoms with E-state index >= 15 is 0 Å². The first-order valence-electron chi connectivity index (χ1n) is 4.61. The molecular formula is C11H6ClN3OS. The summed E-state index contributed by atoms with van der Waals surface area (Å²) in [7, 11) is 0. The number of anilines is 1. The number of thiophene rings is 1. The molecule has 2 aromatic rings. The van der Waals surface area contributed by atoms with Crippen LogP contribution in [-0.2, 0) is 0 Å². The van der Waals surface area contributed by atoms with Crippen LogP contribution in [0.2, 0.25) is 4.34 Å². The Morgan fingerprint density at radius 1 is 1.47 bits per heavy atom. The monoisotopic (exact) mass is 263 g/mol. The third-order valence-corrected chi connectivity index (χ3v) is 3.09. The lowest BCUT2D eigenvalue weighted by Gasteiger charge is -2.01. The average molecular weight is 264 g/mol. The van der Waals surface area contributed by atoms with Crippen molar-refractivity contribution in [2.45, 2.75) is 0 Å². The highest BCUT2D eigenvalue weighted by Crippen LogP contribution is 2.26. The number of nitrogens with one attached hydrogen (secondary N) is 1. The molecule has 0 unspecified atom stereocenters. The van der Waals surface area contributed by atoms with E-state index in [9.17, 15) is 4.79 Å². The van der Waals surface area contributed by atoms with Gasteiger partial charge in [-0.25, -0.2) is 0 Å². The van der Waals surface area contributed by atoms with E-state index in [1.165, 1.54) is 29.8 Å². The molecule has 0 saturated carbocycles. The second kappa shape index (κ2) is 4.95. The van der Waals surface area contributed by atoms with Gasteiger partial charge in [-0.15, -0.1) is 11.3 Å². The fourth-order valence-electron chi connectivity index (χ4n) is 1.19. The molecule has 0 spiro atoms. The van der Waals surface area contributed by atoms with Gasteiger partial charge in [0.2, 0.25) is 0 Å². The minimum absolute atomic E-state index is 0.312. The summed E-state index contributed by atoms with van der Waals surface area (Å²) in [5.41, 5.74) is 0.690. The maximum Gasteiger partial charge on any atom is 0.257 e. The second-order valence-electron chi connectivity index (χ2n) is 3.13. The summed E-state index contributed by atoms with van der Waals surface area (Å²) < 4.78 is 0.601. The number of hydrogen-bond donors (Lipinski definition) is 1. The van der Waals surface area contributed by atoms with Gasteiger partial charge in [0.05, 0.1) is 20.5 Å². The predicted octanol–water partition coefficient (Wildman–Crippen LogP) is 2.92. The zero-order valence-corrected chi connectivity index (χ0v) is 10.0. The first-order chi connectivity index (χ1) is 8.19. The molecule has 2 heterocycles. The summed E-state index contributed by atoms with van der Waals surface area (Å²) in [4.78, 5) is 15.6. The van der Waals surface area contributed by atoms with E-state index in [2.05, 4.69) is 10.3 Å². The number of carbonyl (C=O) groups excluding carboxylic acids is 1. The number of rotatable bonds is 2. The number of halogens is 1. The molecule has 0 atom stereocenters. The fraction of sp³-hybridized carbons (Fsp3) is 0. The van der Waals surface area contributed by atoms with Gasteiger partial charge in [0.15, 0.2) is 0 Å². The zero-order valence-electron chi connectivity index (χ0n) is 8.48. The SMILES string of the molecule is N#Cc1cncc(C(=O)Nc2ccc(Cl)s2)c1. The van der Waals surface area contributed by atoms with Crippen LogP contribution in [0.25, 0.3) is 0 Å². The maximum absolute atomic E-state index is 11.8. The van der Waals surface area contributed by atoms with Crippen LogP contribution < -0.4 is 5.32 Å². The van der Waals surface area contributed by atoms with E-state index in [1.54, 1.807) is 12.1 Å². The molecule has 0 aromatic carbocycles. The van der Waals surface area contributed by atoms with Gasteiger partial charge in [0.1, 0.15) is 6.07 Å². The maximum atomic E-state index is 11.8. The van der Waals surface area contributed by atoms with Gasteiger partial charge in [-0.3, -0.25) is 9.78 Å². The summed E-state index contributed by atoms with van der Waals surface area (Å²) in [5.74, 6) is -0.312. The summed E-state index contributed by atoms with van der Waals surface area (Å²) in [6.45, 7) is 0. The normalized spacial score (nSPS) is 9.65. The number of pyridine rings is 1. The minimum Gasteiger partial charge on any atom is -0.313 e. The highest BCUT2D eigenvalue weighted by molar-refractivity contribution is 7.20. The molecule has 0 aliphatic rings. The number of nitriles is 1. The third-order valence-electron chi connectivity index (χ3n) is 1.94. The molecule has 2 rings (SSSR count). The predicted molar refractivity (Wildman–Crippen MR) is 66.2 cm³/mol. The van der Waals surface area contributed by atoms with Crippen molar-refractivity contribution in [2.75, 3.05) is 5.32 Å². The van der Waals surface area contributed by atoms with Gasteiger partial charge in [-0.05, 0) is 18.2 Å². The van der Waals surface area contributed by atoms with Crippen LogP contribution >= 0.6 is 22.9 Å². The molecule has 0 radical (unpaired) electrons. The van der Waals surface area contributed by atoms with Crippen molar-refractivity contribution >= 4 is 33.8 Å². The van der Waals surface area contributed by atoms with E-state index in [4.69, 9.17) is 16.9 Å². The van der Waals surface area contributed by atoms with Gasteiger partial charge < -0.3 is 5.32 Å². The number of hydrogen-bond acceptors (Lipinski definition) is 4.